The lowest BCUT2D eigenvalue weighted by atomic mass is 10.2. The summed E-state index contributed by atoms with van der Waals surface area (Å²) in [6.07, 6.45) is 3.22. The highest BCUT2D eigenvalue weighted by Crippen LogP contribution is 2.19. The van der Waals surface area contributed by atoms with Gasteiger partial charge in [-0.2, -0.15) is 0 Å². The SMILES string of the molecule is CN(C)c1ccc(Nc2ccc(C(=O)NCc3ccco3)nc2)cc1. The number of nitrogens with zero attached hydrogens (tertiary/aromatic N) is 2. The Kier molecular flexibility index (Phi) is 4.99. The molecule has 1 aromatic carbocycles. The van der Waals surface area contributed by atoms with Crippen molar-refractivity contribution >= 4 is 23.0 Å². The largest absolute Gasteiger partial charge is 0.467 e. The van der Waals surface area contributed by atoms with Crippen LogP contribution in [0.1, 0.15) is 16.2 Å². The number of rotatable bonds is 6. The molecule has 0 saturated heterocycles. The number of pyridine rings is 1. The predicted octanol–water partition coefficient (Wildman–Crippen LogP) is 3.41. The lowest BCUT2D eigenvalue weighted by Gasteiger charge is -2.13. The molecule has 0 aliphatic heterocycles. The summed E-state index contributed by atoms with van der Waals surface area (Å²) in [5.74, 6) is 0.464. The van der Waals surface area contributed by atoms with Crippen LogP contribution in [0.5, 0.6) is 0 Å². The van der Waals surface area contributed by atoms with E-state index in [1.807, 2.05) is 55.4 Å². The number of hydrogen-bond donors (Lipinski definition) is 2. The van der Waals surface area contributed by atoms with Crippen LogP contribution < -0.4 is 15.5 Å². The first-order chi connectivity index (χ1) is 12.1. The number of furan rings is 1. The van der Waals surface area contributed by atoms with Gasteiger partial charge in [-0.1, -0.05) is 0 Å². The van der Waals surface area contributed by atoms with E-state index < -0.39 is 0 Å². The summed E-state index contributed by atoms with van der Waals surface area (Å²) in [6, 6.07) is 15.2. The molecule has 3 aromatic rings. The van der Waals surface area contributed by atoms with E-state index >= 15 is 0 Å². The van der Waals surface area contributed by atoms with Crippen molar-refractivity contribution < 1.29 is 9.21 Å². The average Bonchev–Trinajstić information content (AvgIpc) is 3.14. The molecule has 2 aromatic heterocycles. The molecule has 0 fully saturated rings. The maximum absolute atomic E-state index is 12.1. The van der Waals surface area contributed by atoms with Crippen molar-refractivity contribution in [2.75, 3.05) is 24.3 Å². The Morgan fingerprint density at radius 2 is 1.84 bits per heavy atom. The van der Waals surface area contributed by atoms with Gasteiger partial charge in [-0.25, -0.2) is 4.98 Å². The maximum atomic E-state index is 12.1. The van der Waals surface area contributed by atoms with Crippen LogP contribution in [0.15, 0.2) is 65.4 Å². The number of amides is 1. The van der Waals surface area contributed by atoms with Crippen LogP contribution in [-0.2, 0) is 6.54 Å². The number of nitrogens with one attached hydrogen (secondary N) is 2. The van der Waals surface area contributed by atoms with Crippen molar-refractivity contribution in [3.05, 3.63) is 72.4 Å². The van der Waals surface area contributed by atoms with Gasteiger partial charge < -0.3 is 20.0 Å². The third-order valence-electron chi connectivity index (χ3n) is 3.67. The molecule has 25 heavy (non-hydrogen) atoms. The lowest BCUT2D eigenvalue weighted by Crippen LogP contribution is -2.23. The molecule has 0 atom stereocenters. The van der Waals surface area contributed by atoms with Crippen LogP contribution in [0.2, 0.25) is 0 Å². The molecule has 6 nitrogen and oxygen atoms in total. The van der Waals surface area contributed by atoms with Crippen LogP contribution in [0, 0.1) is 0 Å². The highest BCUT2D eigenvalue weighted by molar-refractivity contribution is 5.92. The lowest BCUT2D eigenvalue weighted by molar-refractivity contribution is 0.0943. The molecular formula is C19H20N4O2. The topological polar surface area (TPSA) is 70.4 Å². The van der Waals surface area contributed by atoms with E-state index in [-0.39, 0.29) is 5.91 Å². The van der Waals surface area contributed by atoms with Gasteiger partial charge >= 0.3 is 0 Å². The summed E-state index contributed by atoms with van der Waals surface area (Å²) >= 11 is 0. The smallest absolute Gasteiger partial charge is 0.270 e. The second-order valence-electron chi connectivity index (χ2n) is 5.76. The molecule has 0 spiro atoms. The van der Waals surface area contributed by atoms with Crippen LogP contribution in [0.4, 0.5) is 17.1 Å². The Bertz CT molecular complexity index is 810. The van der Waals surface area contributed by atoms with Gasteiger partial charge in [0.05, 0.1) is 24.7 Å². The van der Waals surface area contributed by atoms with Gasteiger partial charge in [-0.15, -0.1) is 0 Å². The zero-order chi connectivity index (χ0) is 17.6. The number of carbonyl (C=O) groups is 1. The van der Waals surface area contributed by atoms with Crippen LogP contribution >= 0.6 is 0 Å². The first-order valence-corrected chi connectivity index (χ1v) is 7.93. The molecule has 2 heterocycles. The van der Waals surface area contributed by atoms with Gasteiger partial charge in [0.25, 0.3) is 5.91 Å². The van der Waals surface area contributed by atoms with E-state index in [0.717, 1.165) is 17.1 Å². The summed E-state index contributed by atoms with van der Waals surface area (Å²) in [7, 11) is 4.00. The first kappa shape index (κ1) is 16.6. The van der Waals surface area contributed by atoms with Gasteiger partial charge in [-0.05, 0) is 48.5 Å². The summed E-state index contributed by atoms with van der Waals surface area (Å²) < 4.78 is 5.18. The van der Waals surface area contributed by atoms with E-state index in [0.29, 0.717) is 18.0 Å². The molecule has 2 N–H and O–H groups in total. The highest BCUT2D eigenvalue weighted by Gasteiger charge is 2.08. The van der Waals surface area contributed by atoms with E-state index in [1.54, 1.807) is 24.6 Å². The summed E-state index contributed by atoms with van der Waals surface area (Å²) in [6.45, 7) is 0.339. The van der Waals surface area contributed by atoms with E-state index in [9.17, 15) is 4.79 Å². The summed E-state index contributed by atoms with van der Waals surface area (Å²) in [5.41, 5.74) is 3.27. The van der Waals surface area contributed by atoms with Gasteiger partial charge in [0.2, 0.25) is 0 Å². The molecule has 0 radical (unpaired) electrons. The molecular weight excluding hydrogens is 316 g/mol. The van der Waals surface area contributed by atoms with Crippen molar-refractivity contribution in [3.8, 4) is 0 Å². The third kappa shape index (κ3) is 4.38. The number of hydrogen-bond acceptors (Lipinski definition) is 5. The quantitative estimate of drug-likeness (QED) is 0.722. The van der Waals surface area contributed by atoms with Crippen molar-refractivity contribution in [2.24, 2.45) is 0 Å². The normalized spacial score (nSPS) is 10.3. The highest BCUT2D eigenvalue weighted by atomic mass is 16.3. The molecule has 6 heteroatoms. The van der Waals surface area contributed by atoms with E-state index in [1.165, 1.54) is 0 Å². The van der Waals surface area contributed by atoms with Crippen LogP contribution in [-0.4, -0.2) is 25.0 Å². The van der Waals surface area contributed by atoms with Crippen LogP contribution in [0.25, 0.3) is 0 Å². The summed E-state index contributed by atoms with van der Waals surface area (Å²) in [4.78, 5) is 18.3. The molecule has 0 aliphatic carbocycles. The second-order valence-corrected chi connectivity index (χ2v) is 5.76. The van der Waals surface area contributed by atoms with Crippen molar-refractivity contribution in [1.82, 2.24) is 10.3 Å². The van der Waals surface area contributed by atoms with Gasteiger partial charge in [-0.3, -0.25) is 4.79 Å². The fourth-order valence-electron chi connectivity index (χ4n) is 2.28. The molecule has 0 unspecified atom stereocenters. The maximum Gasteiger partial charge on any atom is 0.270 e. The molecule has 0 aliphatic rings. The minimum absolute atomic E-state index is 0.238. The minimum Gasteiger partial charge on any atom is -0.467 e. The molecule has 3 rings (SSSR count). The van der Waals surface area contributed by atoms with Gasteiger partial charge in [0.15, 0.2) is 0 Å². The Hall–Kier alpha value is -3.28. The van der Waals surface area contributed by atoms with E-state index in [4.69, 9.17) is 4.42 Å². The standard InChI is InChI=1S/C19H20N4O2/c1-23(2)16-8-5-14(6-9-16)22-15-7-10-18(20-12-15)19(24)21-13-17-4-3-11-25-17/h3-12,22H,13H2,1-2H3,(H,21,24). The Balaban J connectivity index is 1.58. The average molecular weight is 336 g/mol. The summed E-state index contributed by atoms with van der Waals surface area (Å²) in [5, 5.41) is 6.03. The third-order valence-corrected chi connectivity index (χ3v) is 3.67. The molecule has 0 saturated carbocycles. The predicted molar refractivity (Wildman–Crippen MR) is 98.2 cm³/mol. The van der Waals surface area contributed by atoms with Crippen LogP contribution in [0.3, 0.4) is 0 Å². The second kappa shape index (κ2) is 7.53. The molecule has 128 valence electrons. The number of anilines is 3. The van der Waals surface area contributed by atoms with Crippen molar-refractivity contribution in [2.45, 2.75) is 6.54 Å². The van der Waals surface area contributed by atoms with Gasteiger partial charge in [0, 0.05) is 25.5 Å². The fourth-order valence-corrected chi connectivity index (χ4v) is 2.28. The number of benzene rings is 1. The molecule has 0 bridgehead atoms. The van der Waals surface area contributed by atoms with E-state index in [2.05, 4.69) is 15.6 Å². The first-order valence-electron chi connectivity index (χ1n) is 7.93. The van der Waals surface area contributed by atoms with Gasteiger partial charge in [0.1, 0.15) is 11.5 Å². The Morgan fingerprint density at radius 1 is 1.08 bits per heavy atom. The fraction of sp³-hybridized carbons (Fsp3) is 0.158. The zero-order valence-electron chi connectivity index (χ0n) is 14.2. The van der Waals surface area contributed by atoms with Crippen molar-refractivity contribution in [3.63, 3.8) is 0 Å². The Labute approximate surface area is 146 Å². The number of carbonyl (C=O) groups excluding carboxylic acids is 1. The minimum atomic E-state index is -0.238. The number of aromatic nitrogens is 1. The zero-order valence-corrected chi connectivity index (χ0v) is 14.2. The molecule has 1 amide bonds. The Morgan fingerprint density at radius 3 is 2.44 bits per heavy atom. The van der Waals surface area contributed by atoms with Crippen molar-refractivity contribution in [1.29, 1.82) is 0 Å². The monoisotopic (exact) mass is 336 g/mol.